The number of anilines is 3. The van der Waals surface area contributed by atoms with Gasteiger partial charge in [0.15, 0.2) is 0 Å². The second-order valence-corrected chi connectivity index (χ2v) is 5.66. The molecule has 5 nitrogen and oxygen atoms in total. The molecule has 2 aromatic carbocycles. The molecule has 0 amide bonds. The lowest BCUT2D eigenvalue weighted by atomic mass is 10.1. The number of benzene rings is 2. The standard InChI is InChI=1S/C18H16ClFN4O/c19-13-6-7-14(20)16(10-13)22-17-11-15(12-4-2-1-3-5-12)23-18(24-17)21-8-9-25/h1-7,10-11,25H,8-9H2,(H2,21,22,23,24). The zero-order valence-corrected chi connectivity index (χ0v) is 14.0. The van der Waals surface area contributed by atoms with E-state index in [9.17, 15) is 4.39 Å². The summed E-state index contributed by atoms with van der Waals surface area (Å²) in [5.41, 5.74) is 1.78. The highest BCUT2D eigenvalue weighted by atomic mass is 35.5. The third kappa shape index (κ3) is 4.43. The molecule has 128 valence electrons. The molecule has 1 aromatic heterocycles. The highest BCUT2D eigenvalue weighted by molar-refractivity contribution is 6.30. The molecular formula is C18H16ClFN4O. The Hall–Kier alpha value is -2.70. The number of hydrogen-bond donors (Lipinski definition) is 3. The van der Waals surface area contributed by atoms with Crippen LogP contribution in [0.25, 0.3) is 11.3 Å². The first-order valence-corrected chi connectivity index (χ1v) is 8.05. The molecule has 3 rings (SSSR count). The minimum atomic E-state index is -0.436. The van der Waals surface area contributed by atoms with Crippen molar-refractivity contribution in [1.29, 1.82) is 0 Å². The van der Waals surface area contributed by atoms with E-state index >= 15 is 0 Å². The van der Waals surface area contributed by atoms with Gasteiger partial charge in [-0.2, -0.15) is 4.98 Å². The van der Waals surface area contributed by atoms with E-state index in [1.807, 2.05) is 30.3 Å². The maximum Gasteiger partial charge on any atom is 0.225 e. The van der Waals surface area contributed by atoms with Crippen molar-refractivity contribution in [3.05, 3.63) is 65.4 Å². The largest absolute Gasteiger partial charge is 0.395 e. The molecule has 25 heavy (non-hydrogen) atoms. The Kier molecular flexibility index (Phi) is 5.42. The zero-order valence-electron chi connectivity index (χ0n) is 13.2. The SMILES string of the molecule is OCCNc1nc(Nc2cc(Cl)ccc2F)cc(-c2ccccc2)n1. The van der Waals surface area contributed by atoms with Crippen molar-refractivity contribution < 1.29 is 9.50 Å². The lowest BCUT2D eigenvalue weighted by Crippen LogP contribution is -2.10. The van der Waals surface area contributed by atoms with Crippen LogP contribution in [-0.4, -0.2) is 28.2 Å². The molecule has 7 heteroatoms. The van der Waals surface area contributed by atoms with E-state index in [1.54, 1.807) is 6.07 Å². The molecular weight excluding hydrogens is 343 g/mol. The van der Waals surface area contributed by atoms with Crippen LogP contribution < -0.4 is 10.6 Å². The molecule has 3 aromatic rings. The van der Waals surface area contributed by atoms with Gasteiger partial charge in [-0.15, -0.1) is 0 Å². The van der Waals surface area contributed by atoms with Gasteiger partial charge in [-0.3, -0.25) is 0 Å². The van der Waals surface area contributed by atoms with Crippen LogP contribution in [0.15, 0.2) is 54.6 Å². The van der Waals surface area contributed by atoms with Gasteiger partial charge in [0, 0.05) is 23.2 Å². The number of aliphatic hydroxyl groups is 1. The van der Waals surface area contributed by atoms with Crippen LogP contribution in [0, 0.1) is 5.82 Å². The van der Waals surface area contributed by atoms with Crippen molar-refractivity contribution in [2.45, 2.75) is 0 Å². The summed E-state index contributed by atoms with van der Waals surface area (Å²) < 4.78 is 14.0. The number of nitrogens with one attached hydrogen (secondary N) is 2. The molecule has 0 aliphatic carbocycles. The molecule has 0 atom stereocenters. The summed E-state index contributed by atoms with van der Waals surface area (Å²) in [6.07, 6.45) is 0. The number of nitrogens with zero attached hydrogens (tertiary/aromatic N) is 2. The Balaban J connectivity index is 1.98. The average molecular weight is 359 g/mol. The summed E-state index contributed by atoms with van der Waals surface area (Å²) in [4.78, 5) is 8.74. The normalized spacial score (nSPS) is 10.5. The van der Waals surface area contributed by atoms with E-state index in [2.05, 4.69) is 20.6 Å². The van der Waals surface area contributed by atoms with E-state index in [0.717, 1.165) is 5.56 Å². The molecule has 0 saturated carbocycles. The molecule has 0 aliphatic rings. The number of hydrogen-bond acceptors (Lipinski definition) is 5. The van der Waals surface area contributed by atoms with E-state index in [0.29, 0.717) is 29.0 Å². The number of aromatic nitrogens is 2. The van der Waals surface area contributed by atoms with Gasteiger partial charge < -0.3 is 15.7 Å². The number of aliphatic hydroxyl groups excluding tert-OH is 1. The molecule has 0 saturated heterocycles. The first kappa shape index (κ1) is 17.1. The van der Waals surface area contributed by atoms with Crippen LogP contribution >= 0.6 is 11.6 Å². The highest BCUT2D eigenvalue weighted by Crippen LogP contribution is 2.26. The number of rotatable bonds is 6. The lowest BCUT2D eigenvalue weighted by molar-refractivity contribution is 0.311. The van der Waals surface area contributed by atoms with Gasteiger partial charge >= 0.3 is 0 Å². The van der Waals surface area contributed by atoms with Gasteiger partial charge in [-0.1, -0.05) is 41.9 Å². The second-order valence-electron chi connectivity index (χ2n) is 5.23. The van der Waals surface area contributed by atoms with Crippen LogP contribution in [0.1, 0.15) is 0 Å². The number of halogens is 2. The van der Waals surface area contributed by atoms with Crippen molar-refractivity contribution in [3.8, 4) is 11.3 Å². The van der Waals surface area contributed by atoms with Gasteiger partial charge in [0.2, 0.25) is 5.95 Å². The topological polar surface area (TPSA) is 70.1 Å². The summed E-state index contributed by atoms with van der Waals surface area (Å²) in [7, 11) is 0. The second kappa shape index (κ2) is 7.92. The van der Waals surface area contributed by atoms with Crippen LogP contribution in [0.3, 0.4) is 0 Å². The first-order valence-electron chi connectivity index (χ1n) is 7.67. The third-order valence-electron chi connectivity index (χ3n) is 3.38. The van der Waals surface area contributed by atoms with E-state index in [-0.39, 0.29) is 12.3 Å². The van der Waals surface area contributed by atoms with Gasteiger partial charge in [0.05, 0.1) is 18.0 Å². The zero-order chi connectivity index (χ0) is 17.6. The van der Waals surface area contributed by atoms with Crippen LogP contribution in [-0.2, 0) is 0 Å². The van der Waals surface area contributed by atoms with Gasteiger partial charge in [0.1, 0.15) is 11.6 Å². The summed E-state index contributed by atoms with van der Waals surface area (Å²) in [5, 5.41) is 15.3. The fourth-order valence-corrected chi connectivity index (χ4v) is 2.42. The quantitative estimate of drug-likeness (QED) is 0.619. The van der Waals surface area contributed by atoms with Crippen molar-refractivity contribution in [2.24, 2.45) is 0 Å². The predicted molar refractivity (Wildman–Crippen MR) is 97.7 cm³/mol. The Morgan fingerprint density at radius 2 is 1.84 bits per heavy atom. The van der Waals surface area contributed by atoms with Crippen LogP contribution in [0.5, 0.6) is 0 Å². The summed E-state index contributed by atoms with van der Waals surface area (Å²) in [5.74, 6) is 0.310. The Bertz CT molecular complexity index is 861. The maximum absolute atomic E-state index is 14.0. The summed E-state index contributed by atoms with van der Waals surface area (Å²) in [6.45, 7) is 0.258. The lowest BCUT2D eigenvalue weighted by Gasteiger charge is -2.12. The predicted octanol–water partition coefficient (Wildman–Crippen LogP) is 4.08. The molecule has 0 bridgehead atoms. The van der Waals surface area contributed by atoms with Gasteiger partial charge in [-0.25, -0.2) is 9.37 Å². The fraction of sp³-hybridized carbons (Fsp3) is 0.111. The molecule has 0 fully saturated rings. The Morgan fingerprint density at radius 3 is 2.60 bits per heavy atom. The molecule has 0 spiro atoms. The summed E-state index contributed by atoms with van der Waals surface area (Å²) >= 11 is 5.93. The van der Waals surface area contributed by atoms with E-state index in [4.69, 9.17) is 16.7 Å². The van der Waals surface area contributed by atoms with Crippen LogP contribution in [0.2, 0.25) is 5.02 Å². The van der Waals surface area contributed by atoms with E-state index in [1.165, 1.54) is 18.2 Å². The first-order chi connectivity index (χ1) is 12.2. The minimum absolute atomic E-state index is 0.0510. The smallest absolute Gasteiger partial charge is 0.225 e. The van der Waals surface area contributed by atoms with Gasteiger partial charge in [0.25, 0.3) is 0 Å². The van der Waals surface area contributed by atoms with Crippen molar-refractivity contribution in [3.63, 3.8) is 0 Å². The fourth-order valence-electron chi connectivity index (χ4n) is 2.25. The van der Waals surface area contributed by atoms with Crippen molar-refractivity contribution in [2.75, 3.05) is 23.8 Å². The van der Waals surface area contributed by atoms with E-state index < -0.39 is 5.82 Å². The van der Waals surface area contributed by atoms with Gasteiger partial charge in [-0.05, 0) is 18.2 Å². The minimum Gasteiger partial charge on any atom is -0.395 e. The van der Waals surface area contributed by atoms with Crippen molar-refractivity contribution >= 4 is 29.1 Å². The molecule has 0 aliphatic heterocycles. The van der Waals surface area contributed by atoms with Crippen LogP contribution in [0.4, 0.5) is 21.8 Å². The van der Waals surface area contributed by atoms with Crippen molar-refractivity contribution in [1.82, 2.24) is 9.97 Å². The monoisotopic (exact) mass is 358 g/mol. The molecule has 1 heterocycles. The Labute approximate surface area is 149 Å². The molecule has 0 unspecified atom stereocenters. The maximum atomic E-state index is 14.0. The molecule has 3 N–H and O–H groups in total. The average Bonchev–Trinajstić information content (AvgIpc) is 2.63. The third-order valence-corrected chi connectivity index (χ3v) is 3.62. The molecule has 0 radical (unpaired) electrons. The summed E-state index contributed by atoms with van der Waals surface area (Å²) in [6, 6.07) is 15.5. The highest BCUT2D eigenvalue weighted by Gasteiger charge is 2.09. The Morgan fingerprint density at radius 1 is 1.04 bits per heavy atom.